The average Bonchev–Trinajstić information content (AvgIpc) is 1.80. The maximum Gasteiger partial charge on any atom is 0.415 e. The number of hydrogen-bond acceptors (Lipinski definition) is 1. The molecule has 0 bridgehead atoms. The summed E-state index contributed by atoms with van der Waals surface area (Å²) in [6.07, 6.45) is -2.39. The molecule has 62 valence electrons. The Labute approximate surface area is 68.5 Å². The summed E-state index contributed by atoms with van der Waals surface area (Å²) in [5.41, 5.74) is -0.910. The summed E-state index contributed by atoms with van der Waals surface area (Å²) in [6, 6.07) is 0. The summed E-state index contributed by atoms with van der Waals surface area (Å²) >= 11 is 3.68. The van der Waals surface area contributed by atoms with E-state index in [-0.39, 0.29) is 4.91 Å². The van der Waals surface area contributed by atoms with Crippen LogP contribution in [-0.2, 0) is 0 Å². The standard InChI is InChI=1S/C7H7F3S/c1-5(7(8,9)10)3-4-6(2)11/h3-4,11H,1-2H2/b4-3-. The second-order valence-electron chi connectivity index (χ2n) is 1.85. The molecule has 0 spiro atoms. The molecule has 0 N–H and O–H groups in total. The van der Waals surface area contributed by atoms with Crippen molar-refractivity contribution in [3.8, 4) is 0 Å². The zero-order valence-electron chi connectivity index (χ0n) is 5.65. The molecule has 0 rings (SSSR count). The van der Waals surface area contributed by atoms with Crippen molar-refractivity contribution in [1.29, 1.82) is 0 Å². The SMILES string of the molecule is C=C(S)/C=C\C(=C)C(F)(F)F. The van der Waals surface area contributed by atoms with Crippen molar-refractivity contribution in [2.75, 3.05) is 0 Å². The molecule has 0 amide bonds. The van der Waals surface area contributed by atoms with Crippen LogP contribution in [0.5, 0.6) is 0 Å². The van der Waals surface area contributed by atoms with Gasteiger partial charge in [-0.3, -0.25) is 0 Å². The summed E-state index contributed by atoms with van der Waals surface area (Å²) in [6.45, 7) is 6.09. The minimum Gasteiger partial charge on any atom is -0.166 e. The van der Waals surface area contributed by atoms with Crippen LogP contribution in [0.4, 0.5) is 13.2 Å². The maximum absolute atomic E-state index is 11.7. The fraction of sp³-hybridized carbons (Fsp3) is 0.143. The lowest BCUT2D eigenvalue weighted by Crippen LogP contribution is -2.08. The van der Waals surface area contributed by atoms with Crippen LogP contribution in [-0.4, -0.2) is 6.18 Å². The van der Waals surface area contributed by atoms with Crippen LogP contribution in [0.15, 0.2) is 35.8 Å². The van der Waals surface area contributed by atoms with Crippen LogP contribution in [0.1, 0.15) is 0 Å². The minimum absolute atomic E-state index is 0.260. The molecule has 0 radical (unpaired) electrons. The molecule has 0 aromatic heterocycles. The molecule has 11 heavy (non-hydrogen) atoms. The zero-order valence-corrected chi connectivity index (χ0v) is 6.54. The molecule has 0 atom stereocenters. The van der Waals surface area contributed by atoms with E-state index in [0.29, 0.717) is 0 Å². The second-order valence-corrected chi connectivity index (χ2v) is 2.42. The van der Waals surface area contributed by atoms with Gasteiger partial charge < -0.3 is 0 Å². The van der Waals surface area contributed by atoms with E-state index in [1.54, 1.807) is 0 Å². The Hall–Kier alpha value is -0.640. The molecular weight excluding hydrogens is 173 g/mol. The van der Waals surface area contributed by atoms with Gasteiger partial charge in [-0.2, -0.15) is 13.2 Å². The van der Waals surface area contributed by atoms with Crippen LogP contribution in [0.2, 0.25) is 0 Å². The normalized spacial score (nSPS) is 12.0. The minimum atomic E-state index is -4.36. The highest BCUT2D eigenvalue weighted by molar-refractivity contribution is 7.84. The Morgan fingerprint density at radius 3 is 1.91 bits per heavy atom. The smallest absolute Gasteiger partial charge is 0.166 e. The monoisotopic (exact) mass is 180 g/mol. The summed E-state index contributed by atoms with van der Waals surface area (Å²) in [7, 11) is 0. The van der Waals surface area contributed by atoms with Crippen molar-refractivity contribution >= 4 is 12.6 Å². The quantitative estimate of drug-likeness (QED) is 0.490. The van der Waals surface area contributed by atoms with Gasteiger partial charge in [-0.1, -0.05) is 13.2 Å². The Morgan fingerprint density at radius 2 is 1.64 bits per heavy atom. The van der Waals surface area contributed by atoms with Crippen LogP contribution in [0.25, 0.3) is 0 Å². The number of halogens is 3. The number of hydrogen-bond donors (Lipinski definition) is 1. The number of allylic oxidation sites excluding steroid dienone is 3. The van der Waals surface area contributed by atoms with E-state index in [1.807, 2.05) is 0 Å². The largest absolute Gasteiger partial charge is 0.415 e. The summed E-state index contributed by atoms with van der Waals surface area (Å²) in [4.78, 5) is 0.260. The molecule has 0 heterocycles. The highest BCUT2D eigenvalue weighted by Crippen LogP contribution is 2.25. The lowest BCUT2D eigenvalue weighted by molar-refractivity contribution is -0.0878. The fourth-order valence-electron chi connectivity index (χ4n) is 0.291. The molecule has 4 heteroatoms. The van der Waals surface area contributed by atoms with E-state index < -0.39 is 11.7 Å². The van der Waals surface area contributed by atoms with Gasteiger partial charge in [0.25, 0.3) is 0 Å². The van der Waals surface area contributed by atoms with E-state index in [4.69, 9.17) is 0 Å². The van der Waals surface area contributed by atoms with Crippen LogP contribution in [0, 0.1) is 0 Å². The highest BCUT2D eigenvalue weighted by atomic mass is 32.1. The first-order valence-corrected chi connectivity index (χ1v) is 3.11. The van der Waals surface area contributed by atoms with E-state index in [0.717, 1.165) is 12.2 Å². The molecule has 0 aliphatic rings. The topological polar surface area (TPSA) is 0 Å². The molecule has 0 aromatic carbocycles. The Bertz CT molecular complexity index is 200. The van der Waals surface area contributed by atoms with Gasteiger partial charge in [0.15, 0.2) is 0 Å². The first kappa shape index (κ1) is 10.4. The van der Waals surface area contributed by atoms with Crippen molar-refractivity contribution in [2.24, 2.45) is 0 Å². The lowest BCUT2D eigenvalue weighted by atomic mass is 10.2. The van der Waals surface area contributed by atoms with Gasteiger partial charge in [0.05, 0.1) is 0 Å². The molecule has 0 aromatic rings. The molecule has 0 saturated heterocycles. The van der Waals surface area contributed by atoms with Gasteiger partial charge in [-0.25, -0.2) is 0 Å². The Kier molecular flexibility index (Phi) is 3.45. The lowest BCUT2D eigenvalue weighted by Gasteiger charge is -2.03. The molecule has 0 nitrogen and oxygen atoms in total. The maximum atomic E-state index is 11.7. The third-order valence-electron chi connectivity index (χ3n) is 0.841. The van der Waals surface area contributed by atoms with Crippen LogP contribution < -0.4 is 0 Å². The molecule has 0 saturated carbocycles. The highest BCUT2D eigenvalue weighted by Gasteiger charge is 2.29. The van der Waals surface area contributed by atoms with Gasteiger partial charge in [0.1, 0.15) is 0 Å². The van der Waals surface area contributed by atoms with E-state index >= 15 is 0 Å². The number of thiol groups is 1. The van der Waals surface area contributed by atoms with Gasteiger partial charge >= 0.3 is 6.18 Å². The first-order chi connectivity index (χ1) is 4.84. The van der Waals surface area contributed by atoms with Crippen molar-refractivity contribution in [3.63, 3.8) is 0 Å². The number of alkyl halides is 3. The number of rotatable bonds is 2. The zero-order chi connectivity index (χ0) is 9.07. The van der Waals surface area contributed by atoms with E-state index in [1.165, 1.54) is 0 Å². The van der Waals surface area contributed by atoms with Crippen LogP contribution >= 0.6 is 12.6 Å². The fourth-order valence-corrected chi connectivity index (χ4v) is 0.366. The van der Waals surface area contributed by atoms with Gasteiger partial charge in [0, 0.05) is 5.57 Å². The van der Waals surface area contributed by atoms with Crippen molar-refractivity contribution in [2.45, 2.75) is 6.18 Å². The summed E-state index contributed by atoms with van der Waals surface area (Å²) < 4.78 is 35.1. The molecule has 0 fully saturated rings. The van der Waals surface area contributed by atoms with Gasteiger partial charge in [-0.05, 0) is 17.1 Å². The summed E-state index contributed by atoms with van der Waals surface area (Å²) in [5.74, 6) is 0. The van der Waals surface area contributed by atoms with Crippen molar-refractivity contribution in [3.05, 3.63) is 35.8 Å². The van der Waals surface area contributed by atoms with Gasteiger partial charge in [0.2, 0.25) is 0 Å². The third kappa shape index (κ3) is 4.72. The second kappa shape index (κ2) is 3.67. The first-order valence-electron chi connectivity index (χ1n) is 2.66. The average molecular weight is 180 g/mol. The van der Waals surface area contributed by atoms with Gasteiger partial charge in [-0.15, -0.1) is 12.6 Å². The van der Waals surface area contributed by atoms with E-state index in [9.17, 15) is 13.2 Å². The van der Waals surface area contributed by atoms with Crippen LogP contribution in [0.3, 0.4) is 0 Å². The van der Waals surface area contributed by atoms with Crippen molar-refractivity contribution < 1.29 is 13.2 Å². The summed E-state index contributed by atoms with van der Waals surface area (Å²) in [5, 5.41) is 0. The Morgan fingerprint density at radius 1 is 1.18 bits per heavy atom. The van der Waals surface area contributed by atoms with Crippen molar-refractivity contribution in [1.82, 2.24) is 0 Å². The molecule has 0 aliphatic heterocycles. The molecular formula is C7H7F3S. The molecule has 0 unspecified atom stereocenters. The molecule has 0 aliphatic carbocycles. The predicted molar refractivity (Wildman–Crippen MR) is 42.5 cm³/mol. The predicted octanol–water partition coefficient (Wildman–Crippen LogP) is 3.10. The van der Waals surface area contributed by atoms with E-state index in [2.05, 4.69) is 25.8 Å². The third-order valence-corrected chi connectivity index (χ3v) is 0.990. The Balaban J connectivity index is 4.20.